The van der Waals surface area contributed by atoms with E-state index in [9.17, 15) is 19.8 Å². The minimum atomic E-state index is -1.82. The Labute approximate surface area is 247 Å². The first-order valence-corrected chi connectivity index (χ1v) is 15.2. The molecule has 0 unspecified atom stereocenters. The van der Waals surface area contributed by atoms with Gasteiger partial charge in [0.2, 0.25) is 11.5 Å². The van der Waals surface area contributed by atoms with Gasteiger partial charge in [-0.05, 0) is 68.6 Å². The zero-order chi connectivity index (χ0) is 28.9. The number of aliphatic hydroxyl groups excluding tert-OH is 1. The fourth-order valence-electron chi connectivity index (χ4n) is 5.02. The van der Waals surface area contributed by atoms with Gasteiger partial charge in [0.1, 0.15) is 11.4 Å². The van der Waals surface area contributed by atoms with Crippen LogP contribution in [0.15, 0.2) is 47.2 Å². The smallest absolute Gasteiger partial charge is 0.349 e. The van der Waals surface area contributed by atoms with Gasteiger partial charge in [-0.25, -0.2) is 4.79 Å². The number of amides is 1. The van der Waals surface area contributed by atoms with E-state index in [1.807, 2.05) is 36.9 Å². The minimum absolute atomic E-state index is 0.177. The van der Waals surface area contributed by atoms with Gasteiger partial charge >= 0.3 is 5.97 Å². The van der Waals surface area contributed by atoms with Crippen LogP contribution >= 0.6 is 34.3 Å². The molecule has 4 rings (SSSR count). The molecule has 40 heavy (non-hydrogen) atoms. The number of rotatable bonds is 11. The summed E-state index contributed by atoms with van der Waals surface area (Å²) in [7, 11) is 3.48. The third-order valence-corrected chi connectivity index (χ3v) is 9.80. The molecule has 3 N–H and O–H groups in total. The molecule has 1 aliphatic rings. The van der Waals surface area contributed by atoms with Crippen molar-refractivity contribution in [1.82, 2.24) is 4.90 Å². The van der Waals surface area contributed by atoms with Crippen LogP contribution in [0.5, 0.6) is 5.75 Å². The van der Waals surface area contributed by atoms with Crippen LogP contribution in [0.4, 0.5) is 5.69 Å². The quantitative estimate of drug-likeness (QED) is 0.251. The molecule has 11 heteroatoms. The number of carbonyl (C=O) groups is 2. The summed E-state index contributed by atoms with van der Waals surface area (Å²) in [5.41, 5.74) is -1.53. The Kier molecular flexibility index (Phi) is 9.92. The molecule has 0 bridgehead atoms. The lowest BCUT2D eigenvalue weighted by atomic mass is 9.82. The van der Waals surface area contributed by atoms with Crippen LogP contribution in [0.25, 0.3) is 0 Å². The molecule has 0 spiro atoms. The van der Waals surface area contributed by atoms with E-state index in [4.69, 9.17) is 21.1 Å². The summed E-state index contributed by atoms with van der Waals surface area (Å²) < 4.78 is 11.3. The molecule has 2 heterocycles. The zero-order valence-electron chi connectivity index (χ0n) is 22.8. The van der Waals surface area contributed by atoms with Crippen LogP contribution in [-0.2, 0) is 26.5 Å². The highest BCUT2D eigenvalue weighted by Gasteiger charge is 2.47. The number of halogens is 1. The predicted octanol–water partition coefficient (Wildman–Crippen LogP) is 5.40. The lowest BCUT2D eigenvalue weighted by Gasteiger charge is -2.41. The van der Waals surface area contributed by atoms with Crippen LogP contribution < -0.4 is 10.1 Å². The van der Waals surface area contributed by atoms with Crippen molar-refractivity contribution in [3.63, 3.8) is 0 Å². The normalized spacial score (nSPS) is 19.4. The molecule has 2 aromatic heterocycles. The van der Waals surface area contributed by atoms with E-state index in [0.29, 0.717) is 51.2 Å². The second-order valence-corrected chi connectivity index (χ2v) is 12.6. The summed E-state index contributed by atoms with van der Waals surface area (Å²) in [5, 5.41) is 27.8. The molecule has 0 atom stereocenters. The van der Waals surface area contributed by atoms with Crippen molar-refractivity contribution in [2.75, 3.05) is 26.0 Å². The van der Waals surface area contributed by atoms with Crippen molar-refractivity contribution in [2.24, 2.45) is 0 Å². The highest BCUT2D eigenvalue weighted by molar-refractivity contribution is 7.12. The number of thiophene rings is 2. The molecule has 1 amide bonds. The van der Waals surface area contributed by atoms with Crippen LogP contribution in [0.1, 0.15) is 54.3 Å². The summed E-state index contributed by atoms with van der Waals surface area (Å²) in [4.78, 5) is 29.3. The second-order valence-electron chi connectivity index (χ2n) is 10.3. The maximum absolute atomic E-state index is 13.4. The lowest BCUT2D eigenvalue weighted by Crippen LogP contribution is -2.47. The molecular formula is C29H35ClN2O6S2. The number of hydrogen-bond donors (Lipinski definition) is 3. The van der Waals surface area contributed by atoms with Crippen molar-refractivity contribution < 1.29 is 29.3 Å². The molecule has 1 aromatic carbocycles. The number of hydrogen-bond acceptors (Lipinski definition) is 9. The first kappa shape index (κ1) is 30.5. The SMILES string of the molecule is COc1cc(NC(=O)CCN(C)C2CCC(C)(OC(=O)C(O)(c3cccs3)c3cccs3)CC2)c(Cl)cc1CO. The van der Waals surface area contributed by atoms with Crippen LogP contribution in [0, 0.1) is 0 Å². The van der Waals surface area contributed by atoms with Gasteiger partial charge < -0.3 is 29.9 Å². The van der Waals surface area contributed by atoms with E-state index in [0.717, 1.165) is 12.8 Å². The van der Waals surface area contributed by atoms with E-state index in [-0.39, 0.29) is 25.0 Å². The number of nitrogens with one attached hydrogen (secondary N) is 1. The average Bonchev–Trinajstić information content (AvgIpc) is 3.68. The second kappa shape index (κ2) is 13.0. The maximum Gasteiger partial charge on any atom is 0.349 e. The largest absolute Gasteiger partial charge is 0.496 e. The van der Waals surface area contributed by atoms with Crippen molar-refractivity contribution >= 4 is 51.8 Å². The van der Waals surface area contributed by atoms with Gasteiger partial charge in [-0.1, -0.05) is 23.7 Å². The van der Waals surface area contributed by atoms with E-state index >= 15 is 0 Å². The summed E-state index contributed by atoms with van der Waals surface area (Å²) >= 11 is 8.93. The van der Waals surface area contributed by atoms with E-state index < -0.39 is 17.2 Å². The Hall–Kier alpha value is -2.47. The molecule has 0 saturated heterocycles. The van der Waals surface area contributed by atoms with E-state index in [1.54, 1.807) is 24.3 Å². The Morgan fingerprint density at radius 3 is 2.33 bits per heavy atom. The minimum Gasteiger partial charge on any atom is -0.496 e. The number of esters is 1. The van der Waals surface area contributed by atoms with Gasteiger partial charge in [0, 0.05) is 30.6 Å². The number of aliphatic hydroxyl groups is 2. The molecule has 0 radical (unpaired) electrons. The van der Waals surface area contributed by atoms with Gasteiger partial charge in [-0.15, -0.1) is 22.7 Å². The third kappa shape index (κ3) is 6.70. The Bertz CT molecular complexity index is 1260. The molecule has 3 aromatic rings. The molecule has 0 aliphatic heterocycles. The van der Waals surface area contributed by atoms with Gasteiger partial charge in [-0.3, -0.25) is 4.79 Å². The Morgan fingerprint density at radius 2 is 1.80 bits per heavy atom. The molecule has 1 aliphatic carbocycles. The van der Waals surface area contributed by atoms with Crippen LogP contribution in [-0.4, -0.2) is 59.3 Å². The van der Waals surface area contributed by atoms with Gasteiger partial charge in [0.15, 0.2) is 0 Å². The third-order valence-electron chi connectivity index (χ3n) is 7.53. The van der Waals surface area contributed by atoms with Crippen molar-refractivity contribution in [3.8, 4) is 5.75 Å². The summed E-state index contributed by atoms with van der Waals surface area (Å²) in [5.74, 6) is -0.372. The first-order chi connectivity index (χ1) is 19.1. The lowest BCUT2D eigenvalue weighted by molar-refractivity contribution is -0.180. The number of anilines is 1. The zero-order valence-corrected chi connectivity index (χ0v) is 25.2. The molecule has 1 saturated carbocycles. The molecule has 8 nitrogen and oxygen atoms in total. The van der Waals surface area contributed by atoms with Gasteiger partial charge in [0.05, 0.1) is 34.2 Å². The van der Waals surface area contributed by atoms with Gasteiger partial charge in [0.25, 0.3) is 0 Å². The highest BCUT2D eigenvalue weighted by atomic mass is 35.5. The van der Waals surface area contributed by atoms with Crippen molar-refractivity contribution in [2.45, 2.75) is 62.9 Å². The predicted molar refractivity (Wildman–Crippen MR) is 158 cm³/mol. The van der Waals surface area contributed by atoms with E-state index in [2.05, 4.69) is 10.2 Å². The highest BCUT2D eigenvalue weighted by Crippen LogP contribution is 2.40. The molecule has 1 fully saturated rings. The fraction of sp³-hybridized carbons (Fsp3) is 0.448. The number of methoxy groups -OCH3 is 1. The standard InChI is InChI=1S/C29H35ClN2O6S2/c1-28(38-27(35)29(36,24-6-4-14-39-24)25-7-5-15-40-25)11-8-20(9-12-28)32(2)13-10-26(34)31-22-17-23(37-3)19(18-33)16-21(22)30/h4-7,14-17,20,33,36H,8-13,18H2,1-3H3,(H,31,34). The first-order valence-electron chi connectivity index (χ1n) is 13.1. The summed E-state index contributed by atoms with van der Waals surface area (Å²) in [6, 6.07) is 10.6. The average molecular weight is 607 g/mol. The summed E-state index contributed by atoms with van der Waals surface area (Å²) in [6.07, 6.45) is 3.16. The molecule has 216 valence electrons. The van der Waals surface area contributed by atoms with E-state index in [1.165, 1.54) is 29.8 Å². The Balaban J connectivity index is 1.30. The number of benzene rings is 1. The number of carbonyl (C=O) groups excluding carboxylic acids is 2. The summed E-state index contributed by atoms with van der Waals surface area (Å²) in [6.45, 7) is 2.26. The monoisotopic (exact) mass is 606 g/mol. The number of ether oxygens (including phenoxy) is 2. The molecular weight excluding hydrogens is 572 g/mol. The van der Waals surface area contributed by atoms with Crippen LogP contribution in [0.3, 0.4) is 0 Å². The maximum atomic E-state index is 13.4. The van der Waals surface area contributed by atoms with Crippen molar-refractivity contribution in [3.05, 3.63) is 67.5 Å². The number of nitrogens with zero attached hydrogens (tertiary/aromatic N) is 1. The topological polar surface area (TPSA) is 108 Å². The van der Waals surface area contributed by atoms with Gasteiger partial charge in [-0.2, -0.15) is 0 Å². The Morgan fingerprint density at radius 1 is 1.18 bits per heavy atom. The van der Waals surface area contributed by atoms with Crippen molar-refractivity contribution in [1.29, 1.82) is 0 Å². The van der Waals surface area contributed by atoms with Crippen LogP contribution in [0.2, 0.25) is 5.02 Å². The fourth-order valence-corrected chi connectivity index (χ4v) is 6.97.